The number of rotatable bonds is 6. The molecule has 0 fully saturated rings. The van der Waals surface area contributed by atoms with E-state index in [1.807, 2.05) is 6.92 Å². The smallest absolute Gasteiger partial charge is 0.168 e. The monoisotopic (exact) mass is 259 g/mol. The van der Waals surface area contributed by atoms with Crippen molar-refractivity contribution >= 4 is 11.6 Å². The fraction of sp³-hybridized carbons (Fsp3) is 0.500. The van der Waals surface area contributed by atoms with Crippen molar-refractivity contribution in [2.45, 2.75) is 13.0 Å². The minimum Gasteiger partial charge on any atom is -0.493 e. The summed E-state index contributed by atoms with van der Waals surface area (Å²) < 4.78 is 10.7. The van der Waals surface area contributed by atoms with Crippen LogP contribution in [-0.4, -0.2) is 32.4 Å². The Morgan fingerprint density at radius 1 is 1.47 bits per heavy atom. The average molecular weight is 260 g/mol. The molecule has 0 heterocycles. The van der Waals surface area contributed by atoms with Gasteiger partial charge in [-0.25, -0.2) is 0 Å². The zero-order valence-electron chi connectivity index (χ0n) is 10.3. The lowest BCUT2D eigenvalue weighted by Gasteiger charge is -2.19. The number of ether oxygens (including phenoxy) is 2. The fourth-order valence-electron chi connectivity index (χ4n) is 1.62. The van der Waals surface area contributed by atoms with Crippen molar-refractivity contribution in [1.82, 2.24) is 5.32 Å². The quantitative estimate of drug-likeness (QED) is 0.821. The van der Waals surface area contributed by atoms with Crippen LogP contribution in [0.4, 0.5) is 0 Å². The van der Waals surface area contributed by atoms with Crippen LogP contribution >= 0.6 is 11.6 Å². The zero-order chi connectivity index (χ0) is 12.8. The number of methoxy groups -OCH3 is 1. The Balaban J connectivity index is 3.22. The molecule has 17 heavy (non-hydrogen) atoms. The standard InChI is InChI=1S/C12H18ClNO3/c1-4-17-12-10(16-3)6-5-8(13)11(12)9(15)7-14-2/h5-6,9,14-15H,4,7H2,1-3H3. The molecule has 96 valence electrons. The molecule has 1 aromatic carbocycles. The highest BCUT2D eigenvalue weighted by molar-refractivity contribution is 6.31. The van der Waals surface area contributed by atoms with Crippen LogP contribution in [0, 0.1) is 0 Å². The van der Waals surface area contributed by atoms with Crippen LogP contribution < -0.4 is 14.8 Å². The van der Waals surface area contributed by atoms with E-state index in [0.717, 1.165) is 0 Å². The van der Waals surface area contributed by atoms with Crippen LogP contribution in [0.3, 0.4) is 0 Å². The summed E-state index contributed by atoms with van der Waals surface area (Å²) in [5.41, 5.74) is 0.558. The molecule has 1 atom stereocenters. The third kappa shape index (κ3) is 3.25. The molecule has 0 aliphatic carbocycles. The second-order valence-electron chi connectivity index (χ2n) is 3.50. The molecule has 0 saturated carbocycles. The van der Waals surface area contributed by atoms with E-state index in [4.69, 9.17) is 21.1 Å². The maximum atomic E-state index is 10.0. The molecule has 0 bridgehead atoms. The van der Waals surface area contributed by atoms with Crippen molar-refractivity contribution < 1.29 is 14.6 Å². The minimum absolute atomic E-state index is 0.396. The van der Waals surface area contributed by atoms with E-state index in [-0.39, 0.29) is 0 Å². The maximum absolute atomic E-state index is 10.0. The molecule has 0 aliphatic rings. The van der Waals surface area contributed by atoms with Gasteiger partial charge in [-0.2, -0.15) is 0 Å². The van der Waals surface area contributed by atoms with Crippen molar-refractivity contribution in [2.24, 2.45) is 0 Å². The van der Waals surface area contributed by atoms with Crippen molar-refractivity contribution in [3.05, 3.63) is 22.7 Å². The summed E-state index contributed by atoms with van der Waals surface area (Å²) in [6, 6.07) is 3.42. The second kappa shape index (κ2) is 6.69. The maximum Gasteiger partial charge on any atom is 0.168 e. The fourth-order valence-corrected chi connectivity index (χ4v) is 1.89. The van der Waals surface area contributed by atoms with Crippen molar-refractivity contribution in [3.8, 4) is 11.5 Å². The Hall–Kier alpha value is -0.970. The van der Waals surface area contributed by atoms with Crippen molar-refractivity contribution in [2.75, 3.05) is 27.3 Å². The van der Waals surface area contributed by atoms with Gasteiger partial charge in [0.25, 0.3) is 0 Å². The summed E-state index contributed by atoms with van der Waals surface area (Å²) in [4.78, 5) is 0. The van der Waals surface area contributed by atoms with Gasteiger partial charge in [0, 0.05) is 12.1 Å². The van der Waals surface area contributed by atoms with Crippen LogP contribution in [0.25, 0.3) is 0 Å². The van der Waals surface area contributed by atoms with E-state index >= 15 is 0 Å². The molecule has 0 saturated heterocycles. The highest BCUT2D eigenvalue weighted by Crippen LogP contribution is 2.39. The van der Waals surface area contributed by atoms with Gasteiger partial charge in [0.2, 0.25) is 0 Å². The second-order valence-corrected chi connectivity index (χ2v) is 3.91. The number of aliphatic hydroxyl groups is 1. The summed E-state index contributed by atoms with van der Waals surface area (Å²) in [5.74, 6) is 1.08. The highest BCUT2D eigenvalue weighted by Gasteiger charge is 2.20. The van der Waals surface area contributed by atoms with Crippen molar-refractivity contribution in [1.29, 1.82) is 0 Å². The Kier molecular flexibility index (Phi) is 5.55. The minimum atomic E-state index is -0.732. The van der Waals surface area contributed by atoms with Crippen molar-refractivity contribution in [3.63, 3.8) is 0 Å². The van der Waals surface area contributed by atoms with Gasteiger partial charge in [-0.05, 0) is 26.1 Å². The van der Waals surface area contributed by atoms with Crippen LogP contribution in [0.1, 0.15) is 18.6 Å². The molecule has 0 spiro atoms. The zero-order valence-corrected chi connectivity index (χ0v) is 11.0. The van der Waals surface area contributed by atoms with Gasteiger partial charge in [0.1, 0.15) is 0 Å². The molecule has 1 rings (SSSR count). The van der Waals surface area contributed by atoms with Gasteiger partial charge in [-0.15, -0.1) is 0 Å². The van der Waals surface area contributed by atoms with Gasteiger partial charge in [0.05, 0.1) is 24.8 Å². The van der Waals surface area contributed by atoms with Gasteiger partial charge in [-0.1, -0.05) is 11.6 Å². The number of hydrogen-bond donors (Lipinski definition) is 2. The number of likely N-dealkylation sites (N-methyl/N-ethyl adjacent to an activating group) is 1. The summed E-state index contributed by atoms with van der Waals surface area (Å²) in [6.45, 7) is 2.75. The normalized spacial score (nSPS) is 12.3. The molecule has 5 heteroatoms. The Morgan fingerprint density at radius 3 is 2.71 bits per heavy atom. The molecule has 0 aliphatic heterocycles. The number of halogens is 1. The van der Waals surface area contributed by atoms with E-state index in [1.54, 1.807) is 26.3 Å². The summed E-state index contributed by atoms with van der Waals surface area (Å²) >= 11 is 6.10. The molecule has 1 aromatic rings. The summed E-state index contributed by atoms with van der Waals surface area (Å²) in [7, 11) is 3.32. The van der Waals surface area contributed by atoms with E-state index in [0.29, 0.717) is 35.2 Å². The van der Waals surface area contributed by atoms with E-state index < -0.39 is 6.10 Å². The van der Waals surface area contributed by atoms with Crippen LogP contribution in [0.2, 0.25) is 5.02 Å². The molecular formula is C12H18ClNO3. The van der Waals surface area contributed by atoms with Gasteiger partial charge in [0.15, 0.2) is 11.5 Å². The molecule has 0 amide bonds. The van der Waals surface area contributed by atoms with E-state index in [1.165, 1.54) is 0 Å². The predicted octanol–water partition coefficient (Wildman–Crippen LogP) is 2.00. The summed E-state index contributed by atoms with van der Waals surface area (Å²) in [5, 5.41) is 13.4. The van der Waals surface area contributed by atoms with E-state index in [2.05, 4.69) is 5.32 Å². The average Bonchev–Trinajstić information content (AvgIpc) is 2.30. The predicted molar refractivity (Wildman–Crippen MR) is 68.1 cm³/mol. The molecule has 0 radical (unpaired) electrons. The number of benzene rings is 1. The first kappa shape index (κ1) is 14.1. The first-order valence-corrected chi connectivity index (χ1v) is 5.85. The van der Waals surface area contributed by atoms with Gasteiger partial charge < -0.3 is 19.9 Å². The third-order valence-electron chi connectivity index (χ3n) is 2.35. The molecule has 4 nitrogen and oxygen atoms in total. The summed E-state index contributed by atoms with van der Waals surface area (Å²) in [6.07, 6.45) is -0.732. The largest absolute Gasteiger partial charge is 0.493 e. The molecule has 1 unspecified atom stereocenters. The topological polar surface area (TPSA) is 50.7 Å². The van der Waals surface area contributed by atoms with Crippen LogP contribution in [0.15, 0.2) is 12.1 Å². The van der Waals surface area contributed by atoms with Crippen LogP contribution in [0.5, 0.6) is 11.5 Å². The Labute approximate surface area is 106 Å². The lowest BCUT2D eigenvalue weighted by Crippen LogP contribution is -2.18. The van der Waals surface area contributed by atoms with Crippen LogP contribution in [-0.2, 0) is 0 Å². The molecular weight excluding hydrogens is 242 g/mol. The lowest BCUT2D eigenvalue weighted by atomic mass is 10.1. The SMILES string of the molecule is CCOc1c(OC)ccc(Cl)c1C(O)CNC. The molecule has 0 aromatic heterocycles. The van der Waals surface area contributed by atoms with Gasteiger partial charge >= 0.3 is 0 Å². The Morgan fingerprint density at radius 2 is 2.18 bits per heavy atom. The molecule has 2 N–H and O–H groups in total. The first-order valence-electron chi connectivity index (χ1n) is 5.47. The first-order chi connectivity index (χ1) is 8.15. The lowest BCUT2D eigenvalue weighted by molar-refractivity contribution is 0.170. The highest BCUT2D eigenvalue weighted by atomic mass is 35.5. The van der Waals surface area contributed by atoms with Gasteiger partial charge in [-0.3, -0.25) is 0 Å². The number of hydrogen-bond acceptors (Lipinski definition) is 4. The third-order valence-corrected chi connectivity index (χ3v) is 2.68. The number of aliphatic hydroxyl groups excluding tert-OH is 1. The van der Waals surface area contributed by atoms with E-state index in [9.17, 15) is 5.11 Å². The Bertz CT molecular complexity index is 371. The number of nitrogens with one attached hydrogen (secondary N) is 1.